The van der Waals surface area contributed by atoms with Gasteiger partial charge in [-0.3, -0.25) is 0 Å². The summed E-state index contributed by atoms with van der Waals surface area (Å²) in [7, 11) is 1.81. The first-order valence-electron chi connectivity index (χ1n) is 4.29. The zero-order valence-electron chi connectivity index (χ0n) is 8.02. The number of nitrogens with one attached hydrogen (secondary N) is 1. The van der Waals surface area contributed by atoms with E-state index in [4.69, 9.17) is 4.74 Å². The number of carbonyl (C=O) groups is 1. The summed E-state index contributed by atoms with van der Waals surface area (Å²) in [5, 5.41) is 2.95. The van der Waals surface area contributed by atoms with Gasteiger partial charge in [-0.2, -0.15) is 0 Å². The molecule has 0 radical (unpaired) electrons. The number of esters is 1. The largest absolute Gasteiger partial charge is 0.463 e. The summed E-state index contributed by atoms with van der Waals surface area (Å²) < 4.78 is 4.77. The summed E-state index contributed by atoms with van der Waals surface area (Å²) >= 11 is 0. The number of allylic oxidation sites excluding steroid dienone is 1. The third-order valence-corrected chi connectivity index (χ3v) is 1.42. The molecule has 0 aromatic rings. The van der Waals surface area contributed by atoms with Crippen LogP contribution in [0.25, 0.3) is 0 Å². The molecule has 0 unspecified atom stereocenters. The first kappa shape index (κ1) is 11.0. The standard InChI is InChI=1S/C9H17NO2/c1-4-6-8(10-3)7-9(11)12-5-2/h7,10H,4-6H2,1-3H3/b8-7-. The molecule has 0 heterocycles. The molecular weight excluding hydrogens is 154 g/mol. The van der Waals surface area contributed by atoms with Crippen molar-refractivity contribution in [2.45, 2.75) is 26.7 Å². The predicted molar refractivity (Wildman–Crippen MR) is 48.7 cm³/mol. The molecule has 0 rings (SSSR count). The van der Waals surface area contributed by atoms with Crippen LogP contribution in [0.3, 0.4) is 0 Å². The summed E-state index contributed by atoms with van der Waals surface area (Å²) in [6, 6.07) is 0. The monoisotopic (exact) mass is 171 g/mol. The number of rotatable bonds is 5. The molecule has 0 aliphatic carbocycles. The Morgan fingerprint density at radius 1 is 1.50 bits per heavy atom. The van der Waals surface area contributed by atoms with E-state index in [0.717, 1.165) is 18.5 Å². The topological polar surface area (TPSA) is 38.3 Å². The van der Waals surface area contributed by atoms with Gasteiger partial charge in [-0.05, 0) is 13.3 Å². The van der Waals surface area contributed by atoms with Crippen molar-refractivity contribution >= 4 is 5.97 Å². The fourth-order valence-corrected chi connectivity index (χ4v) is 0.865. The molecule has 0 aliphatic rings. The van der Waals surface area contributed by atoms with Crippen LogP contribution >= 0.6 is 0 Å². The van der Waals surface area contributed by atoms with Gasteiger partial charge in [0.2, 0.25) is 0 Å². The summed E-state index contributed by atoms with van der Waals surface area (Å²) in [5.41, 5.74) is 0.927. The van der Waals surface area contributed by atoms with Crippen LogP contribution in [0.15, 0.2) is 11.8 Å². The van der Waals surface area contributed by atoms with Crippen LogP contribution in [0.1, 0.15) is 26.7 Å². The van der Waals surface area contributed by atoms with Gasteiger partial charge >= 0.3 is 5.97 Å². The smallest absolute Gasteiger partial charge is 0.332 e. The van der Waals surface area contributed by atoms with Crippen molar-refractivity contribution in [1.29, 1.82) is 0 Å². The highest BCUT2D eigenvalue weighted by atomic mass is 16.5. The minimum atomic E-state index is -0.268. The third kappa shape index (κ3) is 4.77. The van der Waals surface area contributed by atoms with E-state index >= 15 is 0 Å². The average Bonchev–Trinajstić information content (AvgIpc) is 2.04. The Morgan fingerprint density at radius 3 is 2.58 bits per heavy atom. The molecule has 0 aromatic heterocycles. The van der Waals surface area contributed by atoms with Crippen LogP contribution in [0, 0.1) is 0 Å². The van der Waals surface area contributed by atoms with Gasteiger partial charge in [0.1, 0.15) is 0 Å². The van der Waals surface area contributed by atoms with Crippen LogP contribution in [0.2, 0.25) is 0 Å². The molecular formula is C9H17NO2. The third-order valence-electron chi connectivity index (χ3n) is 1.42. The number of ether oxygens (including phenoxy) is 1. The Balaban J connectivity index is 3.98. The molecule has 3 heteroatoms. The Labute approximate surface area is 73.8 Å². The van der Waals surface area contributed by atoms with Gasteiger partial charge in [0.15, 0.2) is 0 Å². The molecule has 0 bridgehead atoms. The number of carbonyl (C=O) groups excluding carboxylic acids is 1. The van der Waals surface area contributed by atoms with Crippen LogP contribution in [-0.2, 0) is 9.53 Å². The molecule has 1 N–H and O–H groups in total. The Morgan fingerprint density at radius 2 is 2.17 bits per heavy atom. The Kier molecular flexibility index (Phi) is 6.15. The van der Waals surface area contributed by atoms with Gasteiger partial charge in [0, 0.05) is 18.8 Å². The minimum Gasteiger partial charge on any atom is -0.463 e. The summed E-state index contributed by atoms with van der Waals surface area (Å²) in [6.45, 7) is 4.29. The van der Waals surface area contributed by atoms with Crippen molar-refractivity contribution in [1.82, 2.24) is 5.32 Å². The van der Waals surface area contributed by atoms with E-state index in [2.05, 4.69) is 12.2 Å². The van der Waals surface area contributed by atoms with Crippen LogP contribution in [0.4, 0.5) is 0 Å². The molecule has 0 aromatic carbocycles. The van der Waals surface area contributed by atoms with E-state index < -0.39 is 0 Å². The molecule has 12 heavy (non-hydrogen) atoms. The second-order valence-electron chi connectivity index (χ2n) is 2.42. The van der Waals surface area contributed by atoms with E-state index in [0.29, 0.717) is 6.61 Å². The quantitative estimate of drug-likeness (QED) is 0.502. The first-order chi connectivity index (χ1) is 5.74. The van der Waals surface area contributed by atoms with Crippen LogP contribution in [-0.4, -0.2) is 19.6 Å². The molecule has 0 saturated heterocycles. The van der Waals surface area contributed by atoms with E-state index in [1.807, 2.05) is 0 Å². The van der Waals surface area contributed by atoms with E-state index in [9.17, 15) is 4.79 Å². The highest BCUT2D eigenvalue weighted by Crippen LogP contribution is 1.99. The zero-order chi connectivity index (χ0) is 9.40. The molecule has 0 saturated carbocycles. The van der Waals surface area contributed by atoms with Crippen LogP contribution < -0.4 is 5.32 Å². The maximum absolute atomic E-state index is 10.9. The lowest BCUT2D eigenvalue weighted by Crippen LogP contribution is -2.09. The molecule has 0 spiro atoms. The lowest BCUT2D eigenvalue weighted by Gasteiger charge is -2.04. The number of hydrogen-bond donors (Lipinski definition) is 1. The second kappa shape index (κ2) is 6.70. The van der Waals surface area contributed by atoms with Gasteiger partial charge in [-0.25, -0.2) is 4.79 Å². The lowest BCUT2D eigenvalue weighted by atomic mass is 10.2. The van der Waals surface area contributed by atoms with Gasteiger partial charge in [0.05, 0.1) is 6.61 Å². The minimum absolute atomic E-state index is 0.268. The van der Waals surface area contributed by atoms with Crippen molar-refractivity contribution in [3.05, 3.63) is 11.8 Å². The van der Waals surface area contributed by atoms with Crippen molar-refractivity contribution in [3.8, 4) is 0 Å². The van der Waals surface area contributed by atoms with E-state index in [1.165, 1.54) is 6.08 Å². The summed E-state index contributed by atoms with van der Waals surface area (Å²) in [5.74, 6) is -0.268. The Bertz CT molecular complexity index is 164. The fourth-order valence-electron chi connectivity index (χ4n) is 0.865. The van der Waals surface area contributed by atoms with Crippen molar-refractivity contribution in [3.63, 3.8) is 0 Å². The van der Waals surface area contributed by atoms with Crippen molar-refractivity contribution < 1.29 is 9.53 Å². The average molecular weight is 171 g/mol. The maximum atomic E-state index is 10.9. The summed E-state index contributed by atoms with van der Waals surface area (Å²) in [4.78, 5) is 10.9. The SMILES string of the molecule is CCC/C(=C/C(=O)OCC)NC. The maximum Gasteiger partial charge on any atom is 0.332 e. The van der Waals surface area contributed by atoms with Crippen molar-refractivity contribution in [2.75, 3.05) is 13.7 Å². The van der Waals surface area contributed by atoms with E-state index in [-0.39, 0.29) is 5.97 Å². The van der Waals surface area contributed by atoms with E-state index in [1.54, 1.807) is 14.0 Å². The molecule has 0 atom stereocenters. The highest BCUT2D eigenvalue weighted by Gasteiger charge is 1.98. The summed E-state index contributed by atoms with van der Waals surface area (Å²) in [6.07, 6.45) is 3.41. The van der Waals surface area contributed by atoms with Crippen LogP contribution in [0.5, 0.6) is 0 Å². The van der Waals surface area contributed by atoms with Crippen molar-refractivity contribution in [2.24, 2.45) is 0 Å². The molecule has 0 amide bonds. The first-order valence-corrected chi connectivity index (χ1v) is 4.29. The lowest BCUT2D eigenvalue weighted by molar-refractivity contribution is -0.137. The second-order valence-corrected chi connectivity index (χ2v) is 2.42. The van der Waals surface area contributed by atoms with Gasteiger partial charge in [0.25, 0.3) is 0 Å². The molecule has 0 aliphatic heterocycles. The molecule has 0 fully saturated rings. The molecule has 70 valence electrons. The molecule has 3 nitrogen and oxygen atoms in total. The fraction of sp³-hybridized carbons (Fsp3) is 0.667. The van der Waals surface area contributed by atoms with Gasteiger partial charge in [-0.1, -0.05) is 13.3 Å². The number of hydrogen-bond acceptors (Lipinski definition) is 3. The highest BCUT2D eigenvalue weighted by molar-refractivity contribution is 5.82. The Hall–Kier alpha value is -0.990. The zero-order valence-corrected chi connectivity index (χ0v) is 8.02. The normalized spacial score (nSPS) is 11.1. The van der Waals surface area contributed by atoms with Gasteiger partial charge in [-0.15, -0.1) is 0 Å². The van der Waals surface area contributed by atoms with Gasteiger partial charge < -0.3 is 10.1 Å². The predicted octanol–water partition coefficient (Wildman–Crippen LogP) is 1.45.